The first-order valence-corrected chi connectivity index (χ1v) is 8.88. The first-order chi connectivity index (χ1) is 9.72. The van der Waals surface area contributed by atoms with Crippen LogP contribution in [-0.4, -0.2) is 92.7 Å². The Kier molecular flexibility index (Phi) is 7.05. The van der Waals surface area contributed by atoms with E-state index in [4.69, 9.17) is 5.11 Å². The Morgan fingerprint density at radius 2 is 1.81 bits per heavy atom. The average Bonchev–Trinajstić information content (AvgIpc) is 2.38. The fraction of sp³-hybridized carbons (Fsp3) is 0.923. The van der Waals surface area contributed by atoms with Crippen molar-refractivity contribution in [3.8, 4) is 0 Å². The van der Waals surface area contributed by atoms with Gasteiger partial charge in [-0.1, -0.05) is 0 Å². The summed E-state index contributed by atoms with van der Waals surface area (Å²) in [5.41, 5.74) is 0. The van der Waals surface area contributed by atoms with Gasteiger partial charge in [0.15, 0.2) is 0 Å². The van der Waals surface area contributed by atoms with E-state index in [9.17, 15) is 13.2 Å². The number of nitrogens with zero attached hydrogens (tertiary/aromatic N) is 3. The Balaban J connectivity index is 2.77. The zero-order valence-electron chi connectivity index (χ0n) is 13.2. The van der Waals surface area contributed by atoms with Crippen molar-refractivity contribution in [1.29, 1.82) is 0 Å². The van der Waals surface area contributed by atoms with Crippen molar-refractivity contribution in [2.75, 3.05) is 53.1 Å². The van der Waals surface area contributed by atoms with Gasteiger partial charge in [-0.2, -0.15) is 4.31 Å². The van der Waals surface area contributed by atoms with Gasteiger partial charge in [-0.3, -0.25) is 4.79 Å². The molecule has 21 heavy (non-hydrogen) atoms. The highest BCUT2D eigenvalue weighted by Crippen LogP contribution is 2.19. The number of likely N-dealkylation sites (N-methyl/N-ethyl adjacent to an activating group) is 1. The van der Waals surface area contributed by atoms with Crippen molar-refractivity contribution in [3.63, 3.8) is 0 Å². The molecule has 0 atom stereocenters. The third kappa shape index (κ3) is 6.29. The minimum atomic E-state index is -3.52. The third-order valence-corrected chi connectivity index (χ3v) is 5.71. The Labute approximate surface area is 127 Å². The van der Waals surface area contributed by atoms with E-state index in [1.165, 1.54) is 4.31 Å². The number of likely N-dealkylation sites (tertiary alicyclic amines) is 1. The highest BCUT2D eigenvalue weighted by atomic mass is 32.2. The molecule has 0 aromatic carbocycles. The Morgan fingerprint density at radius 3 is 2.29 bits per heavy atom. The van der Waals surface area contributed by atoms with Crippen molar-refractivity contribution in [2.45, 2.75) is 25.3 Å². The molecule has 1 aliphatic rings. The number of carboxylic acid groups (broad SMARTS) is 1. The topological polar surface area (TPSA) is 81.2 Å². The summed E-state index contributed by atoms with van der Waals surface area (Å²) in [6.07, 6.45) is 1.26. The second-order valence-electron chi connectivity index (χ2n) is 5.91. The van der Waals surface area contributed by atoms with Crippen LogP contribution in [0.4, 0.5) is 0 Å². The largest absolute Gasteiger partial charge is 0.481 e. The molecule has 0 aliphatic carbocycles. The molecule has 124 valence electrons. The predicted molar refractivity (Wildman–Crippen MR) is 81.8 cm³/mol. The standard InChI is InChI=1S/C13H27N3O4S/c1-14(2)9-10-16(12-4-7-15(3)8-5-12)21(19,20)11-6-13(17)18/h12H,4-11H2,1-3H3,(H,17,18). The van der Waals surface area contributed by atoms with Crippen LogP contribution >= 0.6 is 0 Å². The first-order valence-electron chi connectivity index (χ1n) is 7.27. The molecule has 1 aliphatic heterocycles. The van der Waals surface area contributed by atoms with Crippen molar-refractivity contribution in [3.05, 3.63) is 0 Å². The summed E-state index contributed by atoms with van der Waals surface area (Å²) in [6.45, 7) is 2.80. The first kappa shape index (κ1) is 18.3. The van der Waals surface area contributed by atoms with Crippen LogP contribution in [0.3, 0.4) is 0 Å². The maximum absolute atomic E-state index is 12.5. The van der Waals surface area contributed by atoms with Crippen LogP contribution in [0.2, 0.25) is 0 Å². The number of carbonyl (C=O) groups is 1. The molecule has 0 amide bonds. The Bertz CT molecular complexity index is 431. The Hall–Kier alpha value is -0.700. The molecule has 1 fully saturated rings. The zero-order chi connectivity index (χ0) is 16.0. The van der Waals surface area contributed by atoms with E-state index in [1.807, 2.05) is 26.0 Å². The quantitative estimate of drug-likeness (QED) is 0.664. The molecule has 1 heterocycles. The number of carboxylic acids is 1. The van der Waals surface area contributed by atoms with E-state index in [0.29, 0.717) is 13.1 Å². The van der Waals surface area contributed by atoms with E-state index >= 15 is 0 Å². The van der Waals surface area contributed by atoms with Gasteiger partial charge in [0.05, 0.1) is 12.2 Å². The fourth-order valence-electron chi connectivity index (χ4n) is 2.46. The Morgan fingerprint density at radius 1 is 1.24 bits per heavy atom. The SMILES string of the molecule is CN(C)CCN(C1CCN(C)CC1)S(=O)(=O)CCC(=O)O. The number of rotatable bonds is 8. The molecule has 0 aromatic rings. The summed E-state index contributed by atoms with van der Waals surface area (Å²) in [5.74, 6) is -1.39. The number of aliphatic carboxylic acids is 1. The average molecular weight is 321 g/mol. The lowest BCUT2D eigenvalue weighted by Crippen LogP contribution is -2.49. The highest BCUT2D eigenvalue weighted by Gasteiger charge is 2.32. The molecule has 0 bridgehead atoms. The van der Waals surface area contributed by atoms with Crippen LogP contribution in [0.1, 0.15) is 19.3 Å². The summed E-state index contributed by atoms with van der Waals surface area (Å²) < 4.78 is 26.4. The van der Waals surface area contributed by atoms with Gasteiger partial charge in [0.2, 0.25) is 10.0 Å². The molecule has 1 N–H and O–H groups in total. The van der Waals surface area contributed by atoms with Gasteiger partial charge in [0, 0.05) is 19.1 Å². The van der Waals surface area contributed by atoms with Gasteiger partial charge in [-0.25, -0.2) is 8.42 Å². The van der Waals surface area contributed by atoms with E-state index in [0.717, 1.165) is 25.9 Å². The number of piperidine rings is 1. The lowest BCUT2D eigenvalue weighted by molar-refractivity contribution is -0.136. The second kappa shape index (κ2) is 8.07. The minimum absolute atomic E-state index is 0.0139. The van der Waals surface area contributed by atoms with Crippen LogP contribution in [0.15, 0.2) is 0 Å². The van der Waals surface area contributed by atoms with Gasteiger partial charge < -0.3 is 14.9 Å². The second-order valence-corrected chi connectivity index (χ2v) is 7.95. The third-order valence-electron chi connectivity index (χ3n) is 3.79. The minimum Gasteiger partial charge on any atom is -0.481 e. The van der Waals surface area contributed by atoms with Gasteiger partial charge in [-0.15, -0.1) is 0 Å². The normalized spacial score (nSPS) is 18.5. The molecular formula is C13H27N3O4S. The molecule has 8 heteroatoms. The molecule has 0 aromatic heterocycles. The summed E-state index contributed by atoms with van der Waals surface area (Å²) in [7, 11) is 2.30. The van der Waals surface area contributed by atoms with Crippen molar-refractivity contribution in [1.82, 2.24) is 14.1 Å². The van der Waals surface area contributed by atoms with E-state index in [1.54, 1.807) is 0 Å². The smallest absolute Gasteiger partial charge is 0.304 e. The van der Waals surface area contributed by atoms with Crippen LogP contribution < -0.4 is 0 Å². The van der Waals surface area contributed by atoms with Crippen LogP contribution in [0, 0.1) is 0 Å². The van der Waals surface area contributed by atoms with Gasteiger partial charge in [0.25, 0.3) is 0 Å². The molecule has 0 spiro atoms. The van der Waals surface area contributed by atoms with E-state index in [2.05, 4.69) is 4.90 Å². The summed E-state index contributed by atoms with van der Waals surface area (Å²) in [4.78, 5) is 14.8. The molecule has 1 saturated heterocycles. The molecule has 0 radical (unpaired) electrons. The van der Waals surface area contributed by atoms with Gasteiger partial charge in [-0.05, 0) is 47.1 Å². The van der Waals surface area contributed by atoms with Crippen LogP contribution in [0.5, 0.6) is 0 Å². The predicted octanol–water partition coefficient (Wildman–Crippen LogP) is -0.251. The molecule has 1 rings (SSSR count). The highest BCUT2D eigenvalue weighted by molar-refractivity contribution is 7.89. The van der Waals surface area contributed by atoms with Gasteiger partial charge in [0.1, 0.15) is 0 Å². The number of hydrogen-bond donors (Lipinski definition) is 1. The van der Waals surface area contributed by atoms with Gasteiger partial charge >= 0.3 is 5.97 Å². The summed E-state index contributed by atoms with van der Waals surface area (Å²) in [5, 5.41) is 8.72. The van der Waals surface area contributed by atoms with Crippen LogP contribution in [-0.2, 0) is 14.8 Å². The van der Waals surface area contributed by atoms with E-state index in [-0.39, 0.29) is 18.2 Å². The molecule has 0 saturated carbocycles. The molecule has 0 unspecified atom stereocenters. The fourth-order valence-corrected chi connectivity index (χ4v) is 4.16. The number of sulfonamides is 1. The maximum Gasteiger partial charge on any atom is 0.304 e. The maximum atomic E-state index is 12.5. The number of hydrogen-bond acceptors (Lipinski definition) is 5. The zero-order valence-corrected chi connectivity index (χ0v) is 14.0. The summed E-state index contributed by atoms with van der Waals surface area (Å²) in [6, 6.07) is -0.0139. The lowest BCUT2D eigenvalue weighted by Gasteiger charge is -2.37. The molecule has 7 nitrogen and oxygen atoms in total. The molecular weight excluding hydrogens is 294 g/mol. The monoisotopic (exact) mass is 321 g/mol. The van der Waals surface area contributed by atoms with Crippen molar-refractivity contribution < 1.29 is 18.3 Å². The van der Waals surface area contributed by atoms with Crippen LogP contribution in [0.25, 0.3) is 0 Å². The summed E-state index contributed by atoms with van der Waals surface area (Å²) >= 11 is 0. The van der Waals surface area contributed by atoms with Crippen molar-refractivity contribution >= 4 is 16.0 Å². The van der Waals surface area contributed by atoms with E-state index < -0.39 is 16.0 Å². The lowest BCUT2D eigenvalue weighted by atomic mass is 10.1. The van der Waals surface area contributed by atoms with Crippen molar-refractivity contribution in [2.24, 2.45) is 0 Å².